The number of ether oxygens (including phenoxy) is 1. The van der Waals surface area contributed by atoms with Crippen LogP contribution in [0, 0.1) is 11.3 Å². The summed E-state index contributed by atoms with van der Waals surface area (Å²) < 4.78 is 5.42. The molecule has 1 amide bonds. The zero-order chi connectivity index (χ0) is 12.4. The molecular formula is C13H14N2O2. The maximum atomic E-state index is 12.0. The number of hydrogen-bond acceptors (Lipinski definition) is 3. The van der Waals surface area contributed by atoms with E-state index in [-0.39, 0.29) is 18.2 Å². The largest absolute Gasteiger partial charge is 0.494 e. The second kappa shape index (κ2) is 4.46. The number of benzene rings is 1. The standard InChI is InChI=1S/C13H14N2O2/c1-3-17-9-4-5-12-11(8-9)10(6-7-14)13(16)15(12)2/h4-5,8,10H,3,6H2,1-2H3/t10-/m1/s1. The Morgan fingerprint density at radius 3 is 2.94 bits per heavy atom. The smallest absolute Gasteiger partial charge is 0.235 e. The lowest BCUT2D eigenvalue weighted by molar-refractivity contribution is -0.118. The van der Waals surface area contributed by atoms with Crippen LogP contribution in [0.1, 0.15) is 24.8 Å². The van der Waals surface area contributed by atoms with Crippen molar-refractivity contribution in [2.75, 3.05) is 18.6 Å². The normalized spacial score (nSPS) is 17.8. The van der Waals surface area contributed by atoms with Crippen LogP contribution < -0.4 is 9.64 Å². The van der Waals surface area contributed by atoms with Crippen molar-refractivity contribution in [2.45, 2.75) is 19.3 Å². The number of nitriles is 1. The topological polar surface area (TPSA) is 53.3 Å². The first kappa shape index (κ1) is 11.5. The van der Waals surface area contributed by atoms with Crippen molar-refractivity contribution in [1.82, 2.24) is 0 Å². The minimum Gasteiger partial charge on any atom is -0.494 e. The van der Waals surface area contributed by atoms with Crippen molar-refractivity contribution in [1.29, 1.82) is 5.26 Å². The third kappa shape index (κ3) is 1.84. The molecule has 1 aromatic carbocycles. The number of likely N-dealkylation sites (N-methyl/N-ethyl adjacent to an activating group) is 1. The monoisotopic (exact) mass is 230 g/mol. The highest BCUT2D eigenvalue weighted by molar-refractivity contribution is 6.04. The lowest BCUT2D eigenvalue weighted by Crippen LogP contribution is -2.23. The van der Waals surface area contributed by atoms with Gasteiger partial charge in [0.2, 0.25) is 5.91 Å². The fourth-order valence-corrected chi connectivity index (χ4v) is 2.15. The van der Waals surface area contributed by atoms with E-state index in [0.29, 0.717) is 6.61 Å². The van der Waals surface area contributed by atoms with Crippen LogP contribution in [0.5, 0.6) is 5.75 Å². The molecule has 4 heteroatoms. The van der Waals surface area contributed by atoms with E-state index >= 15 is 0 Å². The van der Waals surface area contributed by atoms with Crippen LogP contribution >= 0.6 is 0 Å². The van der Waals surface area contributed by atoms with Gasteiger partial charge in [-0.2, -0.15) is 5.26 Å². The molecule has 1 aliphatic rings. The molecule has 1 heterocycles. The van der Waals surface area contributed by atoms with Crippen molar-refractivity contribution in [3.63, 3.8) is 0 Å². The van der Waals surface area contributed by atoms with E-state index < -0.39 is 0 Å². The van der Waals surface area contributed by atoms with E-state index in [1.165, 1.54) is 0 Å². The van der Waals surface area contributed by atoms with Gasteiger partial charge >= 0.3 is 0 Å². The fourth-order valence-electron chi connectivity index (χ4n) is 2.15. The summed E-state index contributed by atoms with van der Waals surface area (Å²) in [6.45, 7) is 2.50. The second-order valence-electron chi connectivity index (χ2n) is 3.97. The zero-order valence-corrected chi connectivity index (χ0v) is 9.93. The fraction of sp³-hybridized carbons (Fsp3) is 0.385. The van der Waals surface area contributed by atoms with Crippen molar-refractivity contribution in [3.05, 3.63) is 23.8 Å². The number of carbonyl (C=O) groups is 1. The molecule has 0 spiro atoms. The van der Waals surface area contributed by atoms with Crippen molar-refractivity contribution in [2.24, 2.45) is 0 Å². The first-order valence-corrected chi connectivity index (χ1v) is 5.60. The van der Waals surface area contributed by atoms with E-state index in [9.17, 15) is 4.79 Å². The third-order valence-electron chi connectivity index (χ3n) is 2.97. The second-order valence-corrected chi connectivity index (χ2v) is 3.97. The minimum absolute atomic E-state index is 0.0183. The summed E-state index contributed by atoms with van der Waals surface area (Å²) in [6, 6.07) is 7.65. The number of carbonyl (C=O) groups excluding carboxylic acids is 1. The quantitative estimate of drug-likeness (QED) is 0.798. The van der Waals surface area contributed by atoms with E-state index in [4.69, 9.17) is 10.00 Å². The maximum Gasteiger partial charge on any atom is 0.235 e. The molecule has 1 atom stereocenters. The molecule has 1 aromatic rings. The average molecular weight is 230 g/mol. The van der Waals surface area contributed by atoms with E-state index in [0.717, 1.165) is 17.0 Å². The molecule has 2 rings (SSSR count). The summed E-state index contributed by atoms with van der Waals surface area (Å²) in [7, 11) is 1.74. The van der Waals surface area contributed by atoms with Crippen molar-refractivity contribution >= 4 is 11.6 Å². The summed E-state index contributed by atoms with van der Waals surface area (Å²) >= 11 is 0. The molecule has 17 heavy (non-hydrogen) atoms. The Balaban J connectivity index is 2.42. The van der Waals surface area contributed by atoms with Gasteiger partial charge in [0, 0.05) is 12.7 Å². The van der Waals surface area contributed by atoms with Crippen LogP contribution in [0.4, 0.5) is 5.69 Å². The summed E-state index contributed by atoms with van der Waals surface area (Å²) in [6.07, 6.45) is 0.214. The van der Waals surface area contributed by atoms with Gasteiger partial charge in [0.15, 0.2) is 0 Å². The summed E-state index contributed by atoms with van der Waals surface area (Å²) in [5.41, 5.74) is 1.77. The van der Waals surface area contributed by atoms with Gasteiger partial charge in [0.1, 0.15) is 5.75 Å². The Morgan fingerprint density at radius 2 is 2.29 bits per heavy atom. The number of nitrogens with zero attached hydrogens (tertiary/aromatic N) is 2. The maximum absolute atomic E-state index is 12.0. The zero-order valence-electron chi connectivity index (χ0n) is 9.93. The van der Waals surface area contributed by atoms with Crippen LogP contribution in [-0.4, -0.2) is 19.6 Å². The van der Waals surface area contributed by atoms with Gasteiger partial charge in [-0.3, -0.25) is 4.79 Å². The van der Waals surface area contributed by atoms with Gasteiger partial charge in [-0.1, -0.05) is 0 Å². The van der Waals surface area contributed by atoms with Gasteiger partial charge < -0.3 is 9.64 Å². The third-order valence-corrected chi connectivity index (χ3v) is 2.97. The molecule has 0 aliphatic carbocycles. The Bertz CT molecular complexity index is 491. The van der Waals surface area contributed by atoms with E-state index in [1.54, 1.807) is 11.9 Å². The Hall–Kier alpha value is -2.02. The van der Waals surface area contributed by atoms with Gasteiger partial charge in [-0.05, 0) is 30.7 Å². The highest BCUT2D eigenvalue weighted by Gasteiger charge is 2.35. The van der Waals surface area contributed by atoms with E-state index in [2.05, 4.69) is 6.07 Å². The number of amides is 1. The Kier molecular flexibility index (Phi) is 3.01. The Labute approximate surface area is 100 Å². The average Bonchev–Trinajstić information content (AvgIpc) is 2.55. The molecule has 0 saturated heterocycles. The number of hydrogen-bond donors (Lipinski definition) is 0. The molecule has 0 fully saturated rings. The van der Waals surface area contributed by atoms with E-state index in [1.807, 2.05) is 25.1 Å². The molecule has 0 saturated carbocycles. The molecule has 0 N–H and O–H groups in total. The van der Waals surface area contributed by atoms with Crippen LogP contribution in [0.2, 0.25) is 0 Å². The predicted molar refractivity (Wildman–Crippen MR) is 64.0 cm³/mol. The highest BCUT2D eigenvalue weighted by Crippen LogP contribution is 2.40. The SMILES string of the molecule is CCOc1ccc2c(c1)[C@@H](CC#N)C(=O)N2C. The first-order chi connectivity index (χ1) is 8.19. The highest BCUT2D eigenvalue weighted by atomic mass is 16.5. The number of rotatable bonds is 3. The predicted octanol–water partition coefficient (Wildman–Crippen LogP) is 2.06. The van der Waals surface area contributed by atoms with Crippen LogP contribution in [0.25, 0.3) is 0 Å². The molecule has 0 radical (unpaired) electrons. The Morgan fingerprint density at radius 1 is 1.53 bits per heavy atom. The molecule has 0 aromatic heterocycles. The number of anilines is 1. The number of fused-ring (bicyclic) bond motifs is 1. The van der Waals surface area contributed by atoms with Crippen LogP contribution in [-0.2, 0) is 4.79 Å². The molecule has 1 aliphatic heterocycles. The molecular weight excluding hydrogens is 216 g/mol. The summed E-state index contributed by atoms with van der Waals surface area (Å²) in [4.78, 5) is 13.6. The lowest BCUT2D eigenvalue weighted by atomic mass is 9.98. The molecule has 88 valence electrons. The first-order valence-electron chi connectivity index (χ1n) is 5.60. The lowest BCUT2D eigenvalue weighted by Gasteiger charge is -2.10. The van der Waals surface area contributed by atoms with Gasteiger partial charge in [0.25, 0.3) is 0 Å². The molecule has 0 bridgehead atoms. The van der Waals surface area contributed by atoms with Crippen molar-refractivity contribution < 1.29 is 9.53 Å². The van der Waals surface area contributed by atoms with Crippen LogP contribution in [0.15, 0.2) is 18.2 Å². The van der Waals surface area contributed by atoms with Crippen molar-refractivity contribution in [3.8, 4) is 11.8 Å². The minimum atomic E-state index is -0.347. The molecule has 4 nitrogen and oxygen atoms in total. The summed E-state index contributed by atoms with van der Waals surface area (Å²) in [5.74, 6) is 0.382. The van der Waals surface area contributed by atoms with Crippen LogP contribution in [0.3, 0.4) is 0 Å². The van der Waals surface area contributed by atoms with Gasteiger partial charge in [-0.15, -0.1) is 0 Å². The van der Waals surface area contributed by atoms with Gasteiger partial charge in [0.05, 0.1) is 25.0 Å². The summed E-state index contributed by atoms with van der Waals surface area (Å²) in [5, 5.41) is 8.78. The van der Waals surface area contributed by atoms with Gasteiger partial charge in [-0.25, -0.2) is 0 Å². The molecule has 0 unspecified atom stereocenters.